The van der Waals surface area contributed by atoms with Crippen molar-refractivity contribution in [1.82, 2.24) is 30.0 Å². The Balaban J connectivity index is 1.77. The second-order valence-electron chi connectivity index (χ2n) is 7.40. The van der Waals surface area contributed by atoms with Gasteiger partial charge in [-0.15, -0.1) is 4.72 Å². The molecule has 4 unspecified atom stereocenters. The van der Waals surface area contributed by atoms with Crippen LogP contribution in [0.2, 0.25) is 0 Å². The largest absolute Gasteiger partial charge is 0.598 e. The number of allylic oxidation sites excluding steroid dienone is 1. The number of hydrogen-bond acceptors (Lipinski definition) is 8. The maximum Gasteiger partial charge on any atom is 0.279 e. The number of aromatic nitrogens is 4. The van der Waals surface area contributed by atoms with E-state index >= 15 is 0 Å². The molecule has 4 atom stereocenters. The van der Waals surface area contributed by atoms with E-state index < -0.39 is 23.5 Å². The van der Waals surface area contributed by atoms with E-state index in [2.05, 4.69) is 48.7 Å². The highest BCUT2D eigenvalue weighted by Gasteiger charge is 2.32. The molecule has 0 amide bonds. The lowest BCUT2D eigenvalue weighted by Crippen LogP contribution is -2.63. The molecule has 1 aliphatic heterocycles. The minimum absolute atomic E-state index is 0.0834. The van der Waals surface area contributed by atoms with E-state index in [1.54, 1.807) is 12.5 Å². The minimum atomic E-state index is -2.82. The number of hydrogen-bond donors (Lipinski definition) is 4. The Morgan fingerprint density at radius 3 is 2.90 bits per heavy atom. The number of piperazine rings is 1. The third-order valence-corrected chi connectivity index (χ3v) is 5.60. The maximum atomic E-state index is 12.4. The Labute approximate surface area is 182 Å². The molecule has 2 aromatic heterocycles. The fourth-order valence-electron chi connectivity index (χ4n) is 3.42. The van der Waals surface area contributed by atoms with Crippen LogP contribution in [0.4, 0.5) is 14.6 Å². The van der Waals surface area contributed by atoms with Gasteiger partial charge in [-0.25, -0.2) is 23.7 Å². The van der Waals surface area contributed by atoms with E-state index in [9.17, 15) is 13.3 Å². The van der Waals surface area contributed by atoms with Crippen LogP contribution in [0, 0.1) is 5.41 Å². The van der Waals surface area contributed by atoms with Crippen LogP contribution in [0.3, 0.4) is 0 Å². The van der Waals surface area contributed by atoms with Gasteiger partial charge in [-0.05, 0) is 26.0 Å². The van der Waals surface area contributed by atoms with Crippen LogP contribution >= 0.6 is 0 Å². The van der Waals surface area contributed by atoms with Crippen molar-refractivity contribution in [3.05, 3.63) is 30.5 Å². The summed E-state index contributed by atoms with van der Waals surface area (Å²) in [6.07, 6.45) is 4.16. The van der Waals surface area contributed by atoms with Crippen molar-refractivity contribution in [3.8, 4) is 11.4 Å². The smallest absolute Gasteiger partial charge is 0.279 e. The number of anilines is 1. The molecular weight excluding hydrogens is 426 g/mol. The van der Waals surface area contributed by atoms with Gasteiger partial charge in [0.15, 0.2) is 0 Å². The Kier molecular flexibility index (Phi) is 7.70. The number of H-pyrrole nitrogens is 1. The average Bonchev–Trinajstić information content (AvgIpc) is 3.21. The van der Waals surface area contributed by atoms with Gasteiger partial charge in [0.1, 0.15) is 24.2 Å². The van der Waals surface area contributed by atoms with Crippen molar-refractivity contribution in [3.63, 3.8) is 0 Å². The third-order valence-electron chi connectivity index (χ3n) is 5.02. The molecule has 12 heteroatoms. The molecule has 0 spiro atoms. The Morgan fingerprint density at radius 1 is 1.42 bits per heavy atom. The van der Waals surface area contributed by atoms with E-state index in [0.29, 0.717) is 23.8 Å². The van der Waals surface area contributed by atoms with Crippen molar-refractivity contribution in [2.24, 2.45) is 0 Å². The predicted molar refractivity (Wildman–Crippen MR) is 118 cm³/mol. The number of aromatic amines is 1. The van der Waals surface area contributed by atoms with Crippen molar-refractivity contribution in [2.45, 2.75) is 38.4 Å². The highest BCUT2D eigenvalue weighted by molar-refractivity contribution is 7.88. The van der Waals surface area contributed by atoms with E-state index in [4.69, 9.17) is 5.41 Å². The normalized spacial score (nSPS) is 22.9. The molecule has 0 aromatic carbocycles. The molecule has 1 fully saturated rings. The van der Waals surface area contributed by atoms with Crippen LogP contribution in [0.25, 0.3) is 17.5 Å². The average molecular weight is 453 g/mol. The van der Waals surface area contributed by atoms with Crippen molar-refractivity contribution in [2.75, 3.05) is 24.2 Å². The van der Waals surface area contributed by atoms with Gasteiger partial charge in [-0.2, -0.15) is 0 Å². The zero-order valence-electron chi connectivity index (χ0n) is 17.5. The minimum Gasteiger partial charge on any atom is -0.598 e. The van der Waals surface area contributed by atoms with Gasteiger partial charge in [0.25, 0.3) is 6.43 Å². The first kappa shape index (κ1) is 23.3. The zero-order valence-corrected chi connectivity index (χ0v) is 18.3. The number of nitrogens with one attached hydrogen (secondary N) is 4. The van der Waals surface area contributed by atoms with Crippen LogP contribution in [0.5, 0.6) is 0 Å². The molecule has 1 aliphatic rings. The molecule has 0 bridgehead atoms. The van der Waals surface area contributed by atoms with E-state index in [1.165, 1.54) is 12.4 Å². The van der Waals surface area contributed by atoms with Gasteiger partial charge in [-0.1, -0.05) is 0 Å². The lowest BCUT2D eigenvalue weighted by molar-refractivity contribution is 0.226. The van der Waals surface area contributed by atoms with E-state index in [-0.39, 0.29) is 18.1 Å². The fourth-order valence-corrected chi connectivity index (χ4v) is 3.83. The van der Waals surface area contributed by atoms with Crippen molar-refractivity contribution < 1.29 is 13.3 Å². The summed E-state index contributed by atoms with van der Waals surface area (Å²) >= 11 is -1.09. The second-order valence-corrected chi connectivity index (χ2v) is 8.60. The quantitative estimate of drug-likeness (QED) is 0.354. The van der Waals surface area contributed by atoms with Crippen LogP contribution < -0.4 is 14.9 Å². The molecule has 9 nitrogen and oxygen atoms in total. The summed E-state index contributed by atoms with van der Waals surface area (Å²) in [4.78, 5) is 18.1. The van der Waals surface area contributed by atoms with Crippen molar-refractivity contribution in [1.29, 1.82) is 5.41 Å². The molecular formula is C19H26F2N8OS. The number of imidazole rings is 1. The number of halogens is 2. The zero-order chi connectivity index (χ0) is 22.5. The standard InChI is InChI=1S/C19H26F2N8OS/c1-11-9-29(12(2)15(27-11)8-26-31(3)30)18-6-14(24-10-25-18)16-7-23-17(28-16)5-4-13(22)19(20)21/h4-7,10-12,15,19,22,26-27H,8-9H2,1-3H3,(H,23,28)/b5-4-,22-13?. The van der Waals surface area contributed by atoms with Crippen LogP contribution in [-0.4, -0.2) is 74.1 Å². The predicted octanol–water partition coefficient (Wildman–Crippen LogP) is 1.60. The summed E-state index contributed by atoms with van der Waals surface area (Å²) in [5.41, 5.74) is 0.450. The molecule has 31 heavy (non-hydrogen) atoms. The number of nitrogens with zero attached hydrogens (tertiary/aromatic N) is 4. The Hall–Kier alpha value is -2.41. The first-order valence-corrected chi connectivity index (χ1v) is 11.3. The van der Waals surface area contributed by atoms with Crippen molar-refractivity contribution >= 4 is 29.0 Å². The molecule has 3 rings (SSSR count). The first-order chi connectivity index (χ1) is 14.7. The molecule has 4 N–H and O–H groups in total. The van der Waals surface area contributed by atoms with Gasteiger partial charge in [0.05, 0.1) is 29.8 Å². The van der Waals surface area contributed by atoms with Gasteiger partial charge in [0, 0.05) is 42.1 Å². The summed E-state index contributed by atoms with van der Waals surface area (Å²) in [6.45, 7) is 5.48. The highest BCUT2D eigenvalue weighted by Crippen LogP contribution is 2.24. The summed E-state index contributed by atoms with van der Waals surface area (Å²) in [7, 11) is 0. The number of rotatable bonds is 8. The summed E-state index contributed by atoms with van der Waals surface area (Å²) < 4.78 is 39.3. The lowest BCUT2D eigenvalue weighted by atomic mass is 10.0. The summed E-state index contributed by atoms with van der Waals surface area (Å²) in [5, 5.41) is 10.7. The van der Waals surface area contributed by atoms with Crippen LogP contribution in [0.1, 0.15) is 19.7 Å². The van der Waals surface area contributed by atoms with Gasteiger partial charge in [-0.3, -0.25) is 5.41 Å². The first-order valence-electron chi connectivity index (χ1n) is 9.76. The second kappa shape index (κ2) is 10.3. The maximum absolute atomic E-state index is 12.4. The highest BCUT2D eigenvalue weighted by atomic mass is 32.2. The SMILES string of the molecule is CC1CN(c2cc(-c3cnc(/C=C\C(=N)C(F)F)[nH]3)ncn2)C(C)C(CN[S+](C)[O-])N1. The van der Waals surface area contributed by atoms with Gasteiger partial charge < -0.3 is 19.8 Å². The molecule has 0 aliphatic carbocycles. The summed E-state index contributed by atoms with van der Waals surface area (Å²) in [6, 6.07) is 2.23. The Morgan fingerprint density at radius 2 is 2.19 bits per heavy atom. The van der Waals surface area contributed by atoms with Crippen LogP contribution in [0.15, 0.2) is 24.7 Å². The third kappa shape index (κ3) is 6.06. The number of alkyl halides is 2. The van der Waals surface area contributed by atoms with Crippen LogP contribution in [-0.2, 0) is 11.4 Å². The molecule has 2 aromatic rings. The molecule has 0 radical (unpaired) electrons. The molecule has 0 saturated carbocycles. The fraction of sp³-hybridized carbons (Fsp3) is 0.474. The Bertz CT molecular complexity index is 922. The van der Waals surface area contributed by atoms with Gasteiger partial charge >= 0.3 is 0 Å². The monoisotopic (exact) mass is 452 g/mol. The van der Waals surface area contributed by atoms with E-state index in [1.807, 2.05) is 6.07 Å². The topological polar surface area (TPSA) is 129 Å². The lowest BCUT2D eigenvalue weighted by Gasteiger charge is -2.43. The van der Waals surface area contributed by atoms with E-state index in [0.717, 1.165) is 18.4 Å². The summed E-state index contributed by atoms with van der Waals surface area (Å²) in [5.74, 6) is 1.10. The molecule has 168 valence electrons. The molecule has 1 saturated heterocycles. The van der Waals surface area contributed by atoms with Gasteiger partial charge in [0.2, 0.25) is 0 Å². The molecule has 3 heterocycles.